The van der Waals surface area contributed by atoms with E-state index in [1.165, 1.54) is 12.1 Å². The summed E-state index contributed by atoms with van der Waals surface area (Å²) in [5.41, 5.74) is 1.28. The molecule has 0 aromatic heterocycles. The molecule has 0 radical (unpaired) electrons. The SMILES string of the molecule is C#CCNC(=NCC1CCN(c2cccc(Br)c2)C1)NCC. The van der Waals surface area contributed by atoms with Gasteiger partial charge in [-0.15, -0.1) is 6.42 Å². The predicted molar refractivity (Wildman–Crippen MR) is 97.3 cm³/mol. The van der Waals surface area contributed by atoms with Crippen LogP contribution in [0, 0.1) is 18.3 Å². The van der Waals surface area contributed by atoms with Gasteiger partial charge in [0.25, 0.3) is 0 Å². The van der Waals surface area contributed by atoms with Crippen LogP contribution in [-0.4, -0.2) is 38.7 Å². The van der Waals surface area contributed by atoms with E-state index in [0.717, 1.165) is 36.6 Å². The van der Waals surface area contributed by atoms with E-state index >= 15 is 0 Å². The fourth-order valence-corrected chi connectivity index (χ4v) is 2.97. The maximum Gasteiger partial charge on any atom is 0.192 e. The summed E-state index contributed by atoms with van der Waals surface area (Å²) in [6.07, 6.45) is 6.45. The van der Waals surface area contributed by atoms with Crippen molar-refractivity contribution in [2.75, 3.05) is 37.6 Å². The molecule has 1 aliphatic rings. The van der Waals surface area contributed by atoms with Gasteiger partial charge >= 0.3 is 0 Å². The topological polar surface area (TPSA) is 39.7 Å². The molecule has 1 aromatic rings. The predicted octanol–water partition coefficient (Wildman–Crippen LogP) is 2.46. The minimum absolute atomic E-state index is 0.501. The number of hydrogen-bond donors (Lipinski definition) is 2. The number of rotatable bonds is 5. The lowest BCUT2D eigenvalue weighted by Gasteiger charge is -2.18. The highest BCUT2D eigenvalue weighted by atomic mass is 79.9. The van der Waals surface area contributed by atoms with E-state index in [4.69, 9.17) is 6.42 Å². The van der Waals surface area contributed by atoms with E-state index in [-0.39, 0.29) is 0 Å². The van der Waals surface area contributed by atoms with Crippen LogP contribution in [-0.2, 0) is 0 Å². The van der Waals surface area contributed by atoms with Crippen molar-refractivity contribution in [3.8, 4) is 12.3 Å². The number of nitrogens with zero attached hydrogens (tertiary/aromatic N) is 2. The van der Waals surface area contributed by atoms with Crippen LogP contribution >= 0.6 is 15.9 Å². The Hall–Kier alpha value is -1.67. The normalized spacial score (nSPS) is 18.1. The maximum atomic E-state index is 5.28. The zero-order chi connectivity index (χ0) is 15.8. The minimum Gasteiger partial charge on any atom is -0.371 e. The number of nitrogens with one attached hydrogen (secondary N) is 2. The van der Waals surface area contributed by atoms with Gasteiger partial charge in [0.2, 0.25) is 0 Å². The number of hydrogen-bond acceptors (Lipinski definition) is 2. The summed E-state index contributed by atoms with van der Waals surface area (Å²) in [6, 6.07) is 8.47. The van der Waals surface area contributed by atoms with E-state index < -0.39 is 0 Å². The third-order valence-corrected chi connectivity index (χ3v) is 4.16. The molecule has 5 heteroatoms. The molecule has 0 spiro atoms. The van der Waals surface area contributed by atoms with Crippen molar-refractivity contribution in [1.29, 1.82) is 0 Å². The van der Waals surface area contributed by atoms with Crippen LogP contribution in [0.1, 0.15) is 13.3 Å². The van der Waals surface area contributed by atoms with Crippen LogP contribution < -0.4 is 15.5 Å². The van der Waals surface area contributed by atoms with E-state index in [2.05, 4.69) is 73.6 Å². The molecule has 1 fully saturated rings. The Balaban J connectivity index is 1.88. The first-order valence-corrected chi connectivity index (χ1v) is 8.48. The molecule has 2 N–H and O–H groups in total. The summed E-state index contributed by atoms with van der Waals surface area (Å²) < 4.78 is 1.12. The Kier molecular flexibility index (Phi) is 6.60. The van der Waals surface area contributed by atoms with E-state index in [1.54, 1.807) is 0 Å². The zero-order valence-electron chi connectivity index (χ0n) is 13.0. The molecule has 0 bridgehead atoms. The van der Waals surface area contributed by atoms with Crippen molar-refractivity contribution < 1.29 is 0 Å². The van der Waals surface area contributed by atoms with Crippen LogP contribution in [0.5, 0.6) is 0 Å². The highest BCUT2D eigenvalue weighted by Gasteiger charge is 2.22. The van der Waals surface area contributed by atoms with Crippen molar-refractivity contribution >= 4 is 27.6 Å². The standard InChI is InChI=1S/C17H23BrN4/c1-3-9-20-17(19-4-2)21-12-14-8-10-22(13-14)16-7-5-6-15(18)11-16/h1,5-7,11,14H,4,8-10,12-13H2,2H3,(H2,19,20,21). The van der Waals surface area contributed by atoms with Crippen molar-refractivity contribution in [3.63, 3.8) is 0 Å². The molecule has 1 saturated heterocycles. The van der Waals surface area contributed by atoms with Crippen molar-refractivity contribution in [1.82, 2.24) is 10.6 Å². The van der Waals surface area contributed by atoms with Gasteiger partial charge in [0.15, 0.2) is 5.96 Å². The second-order valence-electron chi connectivity index (χ2n) is 5.36. The molecule has 1 unspecified atom stereocenters. The zero-order valence-corrected chi connectivity index (χ0v) is 14.6. The lowest BCUT2D eigenvalue weighted by molar-refractivity contribution is 0.600. The molecule has 0 amide bonds. The second kappa shape index (κ2) is 8.70. The summed E-state index contributed by atoms with van der Waals surface area (Å²) in [7, 11) is 0. The molecule has 1 atom stereocenters. The van der Waals surface area contributed by atoms with Gasteiger partial charge in [-0.3, -0.25) is 4.99 Å². The van der Waals surface area contributed by atoms with E-state index in [9.17, 15) is 0 Å². The first-order valence-electron chi connectivity index (χ1n) is 7.69. The van der Waals surface area contributed by atoms with Crippen molar-refractivity contribution in [2.45, 2.75) is 13.3 Å². The molecule has 1 heterocycles. The Morgan fingerprint density at radius 3 is 3.09 bits per heavy atom. The molecule has 4 nitrogen and oxygen atoms in total. The van der Waals surface area contributed by atoms with Crippen LogP contribution in [0.4, 0.5) is 5.69 Å². The molecular formula is C17H23BrN4. The van der Waals surface area contributed by atoms with Gasteiger partial charge in [0.05, 0.1) is 6.54 Å². The molecule has 1 aromatic carbocycles. The number of terminal acetylenes is 1. The summed E-state index contributed by atoms with van der Waals surface area (Å²) in [5.74, 6) is 3.96. The molecular weight excluding hydrogens is 340 g/mol. The molecule has 1 aliphatic heterocycles. The summed E-state index contributed by atoms with van der Waals surface area (Å²) in [4.78, 5) is 7.06. The van der Waals surface area contributed by atoms with Crippen LogP contribution in [0.3, 0.4) is 0 Å². The number of aliphatic imine (C=N–C) groups is 1. The van der Waals surface area contributed by atoms with Gasteiger partial charge in [-0.1, -0.05) is 27.9 Å². The second-order valence-corrected chi connectivity index (χ2v) is 6.27. The van der Waals surface area contributed by atoms with Gasteiger partial charge in [-0.25, -0.2) is 0 Å². The largest absolute Gasteiger partial charge is 0.371 e. The minimum atomic E-state index is 0.501. The summed E-state index contributed by atoms with van der Waals surface area (Å²) >= 11 is 3.53. The average molecular weight is 363 g/mol. The smallest absolute Gasteiger partial charge is 0.192 e. The monoisotopic (exact) mass is 362 g/mol. The Labute approximate surface area is 141 Å². The molecule has 2 rings (SSSR count). The molecule has 0 saturated carbocycles. The Morgan fingerprint density at radius 1 is 1.50 bits per heavy atom. The maximum absolute atomic E-state index is 5.28. The van der Waals surface area contributed by atoms with Gasteiger partial charge in [-0.2, -0.15) is 0 Å². The average Bonchev–Trinajstić information content (AvgIpc) is 2.99. The van der Waals surface area contributed by atoms with Crippen molar-refractivity contribution in [2.24, 2.45) is 10.9 Å². The third-order valence-electron chi connectivity index (χ3n) is 3.67. The van der Waals surface area contributed by atoms with Gasteiger partial charge in [-0.05, 0) is 37.5 Å². The Morgan fingerprint density at radius 2 is 2.36 bits per heavy atom. The Bertz CT molecular complexity index is 550. The molecule has 118 valence electrons. The lowest BCUT2D eigenvalue weighted by atomic mass is 10.1. The van der Waals surface area contributed by atoms with Gasteiger partial charge < -0.3 is 15.5 Å². The first kappa shape index (κ1) is 16.7. The lowest BCUT2D eigenvalue weighted by Crippen LogP contribution is -2.37. The number of anilines is 1. The molecule has 0 aliphatic carbocycles. The third kappa shape index (κ3) is 4.96. The van der Waals surface area contributed by atoms with Crippen LogP contribution in [0.25, 0.3) is 0 Å². The summed E-state index contributed by atoms with van der Waals surface area (Å²) in [6.45, 7) is 6.35. The van der Waals surface area contributed by atoms with Crippen molar-refractivity contribution in [3.05, 3.63) is 28.7 Å². The number of benzene rings is 1. The fraction of sp³-hybridized carbons (Fsp3) is 0.471. The quantitative estimate of drug-likeness (QED) is 0.480. The summed E-state index contributed by atoms with van der Waals surface area (Å²) in [5, 5.41) is 6.34. The van der Waals surface area contributed by atoms with Crippen LogP contribution in [0.2, 0.25) is 0 Å². The highest BCUT2D eigenvalue weighted by Crippen LogP contribution is 2.26. The highest BCUT2D eigenvalue weighted by molar-refractivity contribution is 9.10. The van der Waals surface area contributed by atoms with E-state index in [0.29, 0.717) is 12.5 Å². The van der Waals surface area contributed by atoms with E-state index in [1.807, 2.05) is 0 Å². The molecule has 22 heavy (non-hydrogen) atoms. The fourth-order valence-electron chi connectivity index (χ4n) is 2.59. The number of halogens is 1. The van der Waals surface area contributed by atoms with Gasteiger partial charge in [0, 0.05) is 36.3 Å². The van der Waals surface area contributed by atoms with Gasteiger partial charge in [0.1, 0.15) is 0 Å². The number of guanidine groups is 1. The van der Waals surface area contributed by atoms with Crippen LogP contribution in [0.15, 0.2) is 33.7 Å². The first-order chi connectivity index (χ1) is 10.7.